The number of piperidine rings is 1. The van der Waals surface area contributed by atoms with Crippen LogP contribution in [0.5, 0.6) is 0 Å². The second-order valence-corrected chi connectivity index (χ2v) is 8.05. The molecule has 0 unspecified atom stereocenters. The Kier molecular flexibility index (Phi) is 7.83. The van der Waals surface area contributed by atoms with E-state index in [0.717, 1.165) is 67.1 Å². The Bertz CT molecular complexity index is 832. The Labute approximate surface area is 174 Å². The average molecular weight is 416 g/mol. The van der Waals surface area contributed by atoms with Gasteiger partial charge in [-0.2, -0.15) is 0 Å². The van der Waals surface area contributed by atoms with E-state index in [1.807, 2.05) is 18.2 Å². The summed E-state index contributed by atoms with van der Waals surface area (Å²) >= 11 is 0.959. The van der Waals surface area contributed by atoms with Crippen molar-refractivity contribution in [3.05, 3.63) is 47.0 Å². The average Bonchev–Trinajstić information content (AvgIpc) is 3.22. The van der Waals surface area contributed by atoms with Crippen LogP contribution in [0.15, 0.2) is 40.0 Å². The molecule has 29 heavy (non-hydrogen) atoms. The number of rotatable bonds is 8. The number of nitrogens with zero attached hydrogens (tertiary/aromatic N) is 3. The van der Waals surface area contributed by atoms with Crippen LogP contribution in [0.2, 0.25) is 0 Å². The minimum absolute atomic E-state index is 0.377. The van der Waals surface area contributed by atoms with E-state index >= 15 is 0 Å². The molecule has 0 aliphatic carbocycles. The van der Waals surface area contributed by atoms with E-state index in [2.05, 4.69) is 25.5 Å². The number of imide groups is 1. The molecule has 1 saturated heterocycles. The van der Waals surface area contributed by atoms with Crippen LogP contribution in [-0.2, 0) is 11.3 Å². The number of furan rings is 1. The molecule has 154 valence electrons. The van der Waals surface area contributed by atoms with Crippen LogP contribution in [0, 0.1) is 5.92 Å². The Morgan fingerprint density at radius 1 is 1.38 bits per heavy atom. The fraction of sp³-hybridized carbons (Fsp3) is 0.400. The Morgan fingerprint density at radius 3 is 2.93 bits per heavy atom. The lowest BCUT2D eigenvalue weighted by atomic mass is 9.97. The molecule has 1 fully saturated rings. The van der Waals surface area contributed by atoms with Gasteiger partial charge in [-0.05, 0) is 73.2 Å². The molecular formula is C20H25N5O3S. The first-order chi connectivity index (χ1) is 14.1. The highest BCUT2D eigenvalue weighted by Gasteiger charge is 2.21. The summed E-state index contributed by atoms with van der Waals surface area (Å²) in [7, 11) is 0. The minimum atomic E-state index is -0.411. The van der Waals surface area contributed by atoms with Crippen molar-refractivity contribution in [1.29, 1.82) is 0 Å². The molecule has 1 aliphatic rings. The molecule has 2 aromatic heterocycles. The van der Waals surface area contributed by atoms with Gasteiger partial charge in [-0.3, -0.25) is 14.9 Å². The predicted octanol–water partition coefficient (Wildman–Crippen LogP) is 3.04. The van der Waals surface area contributed by atoms with Gasteiger partial charge in [0.2, 0.25) is 12.4 Å². The summed E-state index contributed by atoms with van der Waals surface area (Å²) in [6, 6.07) is 5.68. The maximum Gasteiger partial charge on any atom is 0.289 e. The Morgan fingerprint density at radius 2 is 2.21 bits per heavy atom. The lowest BCUT2D eigenvalue weighted by molar-refractivity contribution is -0.108. The molecule has 0 radical (unpaired) electrons. The molecule has 3 heterocycles. The van der Waals surface area contributed by atoms with Gasteiger partial charge in [0, 0.05) is 19.3 Å². The van der Waals surface area contributed by atoms with E-state index < -0.39 is 5.24 Å². The van der Waals surface area contributed by atoms with Crippen LogP contribution in [0.3, 0.4) is 0 Å². The van der Waals surface area contributed by atoms with Gasteiger partial charge in [0.15, 0.2) is 0 Å². The fourth-order valence-corrected chi connectivity index (χ4v) is 3.79. The SMILES string of the molecule is C/C(=C/c1ccnc(N2CCC(CNCc3ccco3)CC2)n1)SC(=O)NC=O. The number of nitrogens with one attached hydrogen (secondary N) is 2. The van der Waals surface area contributed by atoms with Crippen LogP contribution in [0.1, 0.15) is 31.2 Å². The van der Waals surface area contributed by atoms with E-state index in [1.165, 1.54) is 0 Å². The molecule has 0 aromatic carbocycles. The van der Waals surface area contributed by atoms with Crippen LogP contribution in [0.25, 0.3) is 6.08 Å². The highest BCUT2D eigenvalue weighted by atomic mass is 32.2. The number of carbonyl (C=O) groups is 2. The van der Waals surface area contributed by atoms with Crippen molar-refractivity contribution < 1.29 is 14.0 Å². The molecule has 1 aliphatic heterocycles. The molecule has 3 rings (SSSR count). The third-order valence-corrected chi connectivity index (χ3v) is 5.40. The number of aromatic nitrogens is 2. The van der Waals surface area contributed by atoms with Gasteiger partial charge in [0.1, 0.15) is 5.76 Å². The summed E-state index contributed by atoms with van der Waals surface area (Å²) in [5.41, 5.74) is 0.737. The number of allylic oxidation sites excluding steroid dienone is 1. The minimum Gasteiger partial charge on any atom is -0.468 e. The molecule has 9 heteroatoms. The zero-order chi connectivity index (χ0) is 20.5. The highest BCUT2D eigenvalue weighted by Crippen LogP contribution is 2.22. The zero-order valence-electron chi connectivity index (χ0n) is 16.3. The quantitative estimate of drug-likeness (QED) is 0.635. The topological polar surface area (TPSA) is 100 Å². The fourth-order valence-electron chi connectivity index (χ4n) is 3.21. The van der Waals surface area contributed by atoms with Crippen molar-refractivity contribution in [1.82, 2.24) is 20.6 Å². The number of hydrogen-bond donors (Lipinski definition) is 2. The number of hydrogen-bond acceptors (Lipinski definition) is 8. The molecule has 2 aromatic rings. The van der Waals surface area contributed by atoms with Crippen LogP contribution in [0.4, 0.5) is 10.7 Å². The summed E-state index contributed by atoms with van der Waals surface area (Å²) in [5.74, 6) is 2.29. The first kappa shape index (κ1) is 21.1. The summed E-state index contributed by atoms with van der Waals surface area (Å²) in [5, 5.41) is 5.15. The third kappa shape index (κ3) is 6.72. The highest BCUT2D eigenvalue weighted by molar-refractivity contribution is 8.17. The molecule has 0 spiro atoms. The van der Waals surface area contributed by atoms with Crippen LogP contribution < -0.4 is 15.5 Å². The van der Waals surface area contributed by atoms with E-state index in [-0.39, 0.29) is 0 Å². The van der Waals surface area contributed by atoms with Gasteiger partial charge in [-0.25, -0.2) is 9.97 Å². The molecule has 2 N–H and O–H groups in total. The first-order valence-electron chi connectivity index (χ1n) is 9.55. The van der Waals surface area contributed by atoms with Gasteiger partial charge < -0.3 is 14.6 Å². The number of thioether (sulfide) groups is 1. The molecule has 8 nitrogen and oxygen atoms in total. The maximum atomic E-state index is 11.5. The van der Waals surface area contributed by atoms with Gasteiger partial charge in [0.25, 0.3) is 5.24 Å². The van der Waals surface area contributed by atoms with Crippen molar-refractivity contribution in [2.45, 2.75) is 26.3 Å². The van der Waals surface area contributed by atoms with Crippen molar-refractivity contribution in [3.8, 4) is 0 Å². The molecule has 0 saturated carbocycles. The van der Waals surface area contributed by atoms with Crippen molar-refractivity contribution in [2.24, 2.45) is 5.92 Å². The van der Waals surface area contributed by atoms with Crippen molar-refractivity contribution in [3.63, 3.8) is 0 Å². The zero-order valence-corrected chi connectivity index (χ0v) is 17.2. The van der Waals surface area contributed by atoms with E-state index in [1.54, 1.807) is 25.5 Å². The summed E-state index contributed by atoms with van der Waals surface area (Å²) in [6.07, 6.45) is 7.77. The molecule has 0 atom stereocenters. The number of carbonyl (C=O) groups excluding carboxylic acids is 2. The summed E-state index contributed by atoms with van der Waals surface area (Å²) in [4.78, 5) is 33.7. The van der Waals surface area contributed by atoms with Crippen molar-refractivity contribution in [2.75, 3.05) is 24.5 Å². The number of amides is 2. The van der Waals surface area contributed by atoms with E-state index in [0.29, 0.717) is 18.3 Å². The van der Waals surface area contributed by atoms with E-state index in [4.69, 9.17) is 4.42 Å². The summed E-state index contributed by atoms with van der Waals surface area (Å²) < 4.78 is 5.34. The lowest BCUT2D eigenvalue weighted by Crippen LogP contribution is -2.38. The Balaban J connectivity index is 1.48. The maximum absolute atomic E-state index is 11.5. The lowest BCUT2D eigenvalue weighted by Gasteiger charge is -2.32. The van der Waals surface area contributed by atoms with Crippen LogP contribution >= 0.6 is 11.8 Å². The van der Waals surface area contributed by atoms with Gasteiger partial charge in [0.05, 0.1) is 18.5 Å². The molecule has 2 amide bonds. The van der Waals surface area contributed by atoms with Crippen molar-refractivity contribution >= 4 is 35.4 Å². The normalized spacial score (nSPS) is 15.3. The van der Waals surface area contributed by atoms with E-state index in [9.17, 15) is 9.59 Å². The van der Waals surface area contributed by atoms with Gasteiger partial charge in [-0.15, -0.1) is 0 Å². The second kappa shape index (κ2) is 10.8. The van der Waals surface area contributed by atoms with Gasteiger partial charge in [-0.1, -0.05) is 0 Å². The van der Waals surface area contributed by atoms with Crippen LogP contribution in [-0.4, -0.2) is 41.3 Å². The predicted molar refractivity (Wildman–Crippen MR) is 113 cm³/mol. The first-order valence-corrected chi connectivity index (χ1v) is 10.4. The molecule has 0 bridgehead atoms. The summed E-state index contributed by atoms with van der Waals surface area (Å²) in [6.45, 7) is 5.36. The third-order valence-electron chi connectivity index (χ3n) is 4.66. The number of anilines is 1. The second-order valence-electron chi connectivity index (χ2n) is 6.83. The molecular weight excluding hydrogens is 390 g/mol. The Hall–Kier alpha value is -2.65. The largest absolute Gasteiger partial charge is 0.468 e. The monoisotopic (exact) mass is 415 g/mol. The standard InChI is InChI=1S/C20H25N5O3S/c1-15(29-20(27)23-14-26)11-17-4-7-22-19(24-17)25-8-5-16(6-9-25)12-21-13-18-3-2-10-28-18/h2-4,7,10-11,14,16,21H,5-6,8-9,12-13H2,1H3,(H,23,26,27)/b15-11-. The smallest absolute Gasteiger partial charge is 0.289 e. The van der Waals surface area contributed by atoms with Gasteiger partial charge >= 0.3 is 0 Å².